The summed E-state index contributed by atoms with van der Waals surface area (Å²) in [5.41, 5.74) is 0.871. The van der Waals surface area contributed by atoms with Crippen molar-refractivity contribution in [1.82, 2.24) is 9.29 Å². The Morgan fingerprint density at radius 1 is 1.13 bits per heavy atom. The third-order valence-corrected chi connectivity index (χ3v) is 7.09. The standard InChI is InChI=1S/C20H22FN3O5S/c21-17-4-2-1-3-15(17)14-24(8-7-23-9-11-28-12-10-23)30(26,27)16-5-6-18-19(13-16)29-20(25)22-18/h1-6,13H,7-12,14H2,(H,22,25)/p+1. The summed E-state index contributed by atoms with van der Waals surface area (Å²) in [6, 6.07) is 10.4. The Hall–Kier alpha value is -2.53. The Morgan fingerprint density at radius 3 is 2.67 bits per heavy atom. The van der Waals surface area contributed by atoms with Gasteiger partial charge in [-0.15, -0.1) is 0 Å². The molecule has 0 radical (unpaired) electrons. The minimum Gasteiger partial charge on any atom is -0.408 e. The van der Waals surface area contributed by atoms with E-state index in [0.29, 0.717) is 30.8 Å². The highest BCUT2D eigenvalue weighted by Gasteiger charge is 2.28. The number of nitrogens with zero attached hydrogens (tertiary/aromatic N) is 1. The number of H-pyrrole nitrogens is 1. The van der Waals surface area contributed by atoms with E-state index in [1.807, 2.05) is 0 Å². The van der Waals surface area contributed by atoms with Crippen LogP contribution in [0, 0.1) is 5.82 Å². The van der Waals surface area contributed by atoms with Crippen molar-refractivity contribution < 1.29 is 26.9 Å². The number of halogens is 1. The number of nitrogens with one attached hydrogen (secondary N) is 2. The topological polar surface area (TPSA) is 97.0 Å². The molecule has 160 valence electrons. The number of quaternary nitrogens is 1. The molecule has 4 rings (SSSR count). The maximum Gasteiger partial charge on any atom is 0.417 e. The second kappa shape index (κ2) is 8.68. The predicted octanol–water partition coefficient (Wildman–Crippen LogP) is 0.366. The number of aromatic nitrogens is 1. The lowest BCUT2D eigenvalue weighted by molar-refractivity contribution is -0.907. The van der Waals surface area contributed by atoms with Crippen molar-refractivity contribution >= 4 is 21.1 Å². The fourth-order valence-electron chi connectivity index (χ4n) is 3.53. The Bertz CT molecular complexity index is 1180. The normalized spacial score (nSPS) is 15.8. The van der Waals surface area contributed by atoms with Crippen LogP contribution in [0.3, 0.4) is 0 Å². The molecular weight excluding hydrogens is 413 g/mol. The molecule has 2 aromatic carbocycles. The summed E-state index contributed by atoms with van der Waals surface area (Å²) in [6.07, 6.45) is 0. The zero-order chi connectivity index (χ0) is 21.1. The molecule has 1 saturated heterocycles. The summed E-state index contributed by atoms with van der Waals surface area (Å²) in [7, 11) is -3.95. The molecular formula is C20H23FN3O5S+. The van der Waals surface area contributed by atoms with E-state index in [4.69, 9.17) is 9.15 Å². The number of aromatic amines is 1. The highest BCUT2D eigenvalue weighted by atomic mass is 32.2. The highest BCUT2D eigenvalue weighted by molar-refractivity contribution is 7.89. The molecule has 2 N–H and O–H groups in total. The number of hydrogen-bond acceptors (Lipinski definition) is 5. The van der Waals surface area contributed by atoms with Crippen LogP contribution in [0.2, 0.25) is 0 Å². The molecule has 0 spiro atoms. The molecule has 0 saturated carbocycles. The summed E-state index contributed by atoms with van der Waals surface area (Å²) < 4.78 is 52.7. The third kappa shape index (κ3) is 4.46. The van der Waals surface area contributed by atoms with Gasteiger partial charge in [-0.25, -0.2) is 17.6 Å². The zero-order valence-corrected chi connectivity index (χ0v) is 17.1. The number of sulfonamides is 1. The lowest BCUT2D eigenvalue weighted by Gasteiger charge is -2.27. The van der Waals surface area contributed by atoms with Crippen molar-refractivity contribution in [1.29, 1.82) is 0 Å². The van der Waals surface area contributed by atoms with E-state index in [2.05, 4.69) is 4.98 Å². The number of fused-ring (bicyclic) bond motifs is 1. The highest BCUT2D eigenvalue weighted by Crippen LogP contribution is 2.22. The molecule has 0 bridgehead atoms. The first-order chi connectivity index (χ1) is 14.4. The van der Waals surface area contributed by atoms with Gasteiger partial charge < -0.3 is 14.1 Å². The first-order valence-corrected chi connectivity index (χ1v) is 11.2. The SMILES string of the molecule is O=c1[nH]c2ccc(S(=O)(=O)N(CC[NH+]3CCOCC3)Cc3ccccc3F)cc2o1. The Morgan fingerprint density at radius 2 is 1.90 bits per heavy atom. The number of hydrogen-bond donors (Lipinski definition) is 2. The monoisotopic (exact) mass is 436 g/mol. The van der Waals surface area contributed by atoms with Crippen LogP contribution >= 0.6 is 0 Å². The van der Waals surface area contributed by atoms with Crippen LogP contribution in [-0.2, 0) is 21.3 Å². The van der Waals surface area contributed by atoms with Crippen LogP contribution in [0.25, 0.3) is 11.1 Å². The van der Waals surface area contributed by atoms with E-state index in [0.717, 1.165) is 13.1 Å². The molecule has 0 unspecified atom stereocenters. The van der Waals surface area contributed by atoms with Gasteiger partial charge in [-0.1, -0.05) is 18.2 Å². The van der Waals surface area contributed by atoms with Gasteiger partial charge in [0.1, 0.15) is 18.9 Å². The van der Waals surface area contributed by atoms with E-state index in [1.54, 1.807) is 18.2 Å². The van der Waals surface area contributed by atoms with Gasteiger partial charge in [-0.05, 0) is 18.2 Å². The first kappa shape index (κ1) is 20.7. The summed E-state index contributed by atoms with van der Waals surface area (Å²) in [5.74, 6) is -1.11. The second-order valence-electron chi connectivity index (χ2n) is 7.21. The van der Waals surface area contributed by atoms with E-state index in [-0.39, 0.29) is 23.6 Å². The van der Waals surface area contributed by atoms with Crippen molar-refractivity contribution in [2.45, 2.75) is 11.4 Å². The average Bonchev–Trinajstić information content (AvgIpc) is 3.12. The van der Waals surface area contributed by atoms with Gasteiger partial charge in [0.25, 0.3) is 0 Å². The van der Waals surface area contributed by atoms with Crippen LogP contribution in [0.15, 0.2) is 56.6 Å². The van der Waals surface area contributed by atoms with Crippen molar-refractivity contribution in [2.24, 2.45) is 0 Å². The van der Waals surface area contributed by atoms with Gasteiger partial charge in [0.05, 0.1) is 36.7 Å². The van der Waals surface area contributed by atoms with Gasteiger partial charge in [0.2, 0.25) is 10.0 Å². The van der Waals surface area contributed by atoms with Gasteiger partial charge in [0, 0.05) is 18.2 Å². The van der Waals surface area contributed by atoms with Crippen molar-refractivity contribution in [3.63, 3.8) is 0 Å². The second-order valence-corrected chi connectivity index (χ2v) is 9.15. The van der Waals surface area contributed by atoms with Crippen LogP contribution in [0.1, 0.15) is 5.56 Å². The quantitative estimate of drug-likeness (QED) is 0.558. The largest absolute Gasteiger partial charge is 0.417 e. The van der Waals surface area contributed by atoms with Crippen molar-refractivity contribution in [3.8, 4) is 0 Å². The number of benzene rings is 2. The number of oxazole rings is 1. The molecule has 2 heterocycles. The Balaban J connectivity index is 1.64. The smallest absolute Gasteiger partial charge is 0.408 e. The van der Waals surface area contributed by atoms with E-state index in [9.17, 15) is 17.6 Å². The molecule has 8 nitrogen and oxygen atoms in total. The number of morpholine rings is 1. The molecule has 3 aromatic rings. The molecule has 1 aliphatic rings. The Kier molecular flexibility index (Phi) is 6.00. The summed E-state index contributed by atoms with van der Waals surface area (Å²) in [4.78, 5) is 15.1. The molecule has 30 heavy (non-hydrogen) atoms. The van der Waals surface area contributed by atoms with Crippen molar-refractivity contribution in [2.75, 3.05) is 39.4 Å². The van der Waals surface area contributed by atoms with Gasteiger partial charge in [-0.3, -0.25) is 4.98 Å². The molecule has 0 aliphatic carbocycles. The lowest BCUT2D eigenvalue weighted by atomic mass is 10.2. The minimum atomic E-state index is -3.95. The Labute approximate surface area is 172 Å². The fourth-order valence-corrected chi connectivity index (χ4v) is 4.96. The number of ether oxygens (including phenoxy) is 1. The molecule has 1 aliphatic heterocycles. The van der Waals surface area contributed by atoms with Crippen molar-refractivity contribution in [3.05, 3.63) is 64.4 Å². The van der Waals surface area contributed by atoms with E-state index >= 15 is 0 Å². The fraction of sp³-hybridized carbons (Fsp3) is 0.350. The molecule has 0 amide bonds. The number of rotatable bonds is 7. The van der Waals surface area contributed by atoms with Gasteiger partial charge >= 0.3 is 5.76 Å². The molecule has 10 heteroatoms. The van der Waals surface area contributed by atoms with E-state index in [1.165, 1.54) is 33.5 Å². The minimum absolute atomic E-state index is 0.00827. The van der Waals surface area contributed by atoms with Gasteiger partial charge in [-0.2, -0.15) is 4.31 Å². The zero-order valence-electron chi connectivity index (χ0n) is 16.3. The maximum atomic E-state index is 14.2. The maximum absolute atomic E-state index is 14.2. The summed E-state index contributed by atoms with van der Waals surface area (Å²) >= 11 is 0. The van der Waals surface area contributed by atoms with Crippen LogP contribution in [0.4, 0.5) is 4.39 Å². The lowest BCUT2D eigenvalue weighted by Crippen LogP contribution is -3.14. The predicted molar refractivity (Wildman–Crippen MR) is 107 cm³/mol. The molecule has 1 aromatic heterocycles. The van der Waals surface area contributed by atoms with E-state index < -0.39 is 21.6 Å². The molecule has 0 atom stereocenters. The van der Waals surface area contributed by atoms with Crippen LogP contribution in [-0.4, -0.2) is 57.1 Å². The summed E-state index contributed by atoms with van der Waals surface area (Å²) in [5, 5.41) is 0. The summed E-state index contributed by atoms with van der Waals surface area (Å²) in [6.45, 7) is 3.59. The first-order valence-electron chi connectivity index (χ1n) is 9.71. The molecule has 1 fully saturated rings. The van der Waals surface area contributed by atoms with Crippen LogP contribution < -0.4 is 10.7 Å². The van der Waals surface area contributed by atoms with Crippen LogP contribution in [0.5, 0.6) is 0 Å². The average molecular weight is 436 g/mol. The third-order valence-electron chi connectivity index (χ3n) is 5.25. The van der Waals surface area contributed by atoms with Gasteiger partial charge in [0.15, 0.2) is 5.58 Å².